The van der Waals surface area contributed by atoms with Crippen LogP contribution in [0.4, 0.5) is 8.78 Å². The molecule has 2 amide bonds. The first-order valence-electron chi connectivity index (χ1n) is 7.44. The molecule has 26 heavy (non-hydrogen) atoms. The van der Waals surface area contributed by atoms with Crippen LogP contribution >= 0.6 is 23.2 Å². The topological polar surface area (TPSA) is 62.3 Å². The molecular formula is C17H15Cl2F2N3O2. The maximum atomic E-state index is 13.8. The number of hydrogen-bond donors (Lipinski definition) is 1. The summed E-state index contributed by atoms with van der Waals surface area (Å²) in [6.07, 6.45) is 0. The summed E-state index contributed by atoms with van der Waals surface area (Å²) in [4.78, 5) is 28.7. The number of rotatable bonds is 2. The van der Waals surface area contributed by atoms with Crippen molar-refractivity contribution in [3.63, 3.8) is 0 Å². The zero-order valence-corrected chi connectivity index (χ0v) is 15.6. The minimum Gasteiger partial charge on any atom is -0.267 e. The second-order valence-electron chi connectivity index (χ2n) is 6.33. The van der Waals surface area contributed by atoms with Gasteiger partial charge in [0.25, 0.3) is 11.8 Å². The Morgan fingerprint density at radius 2 is 1.65 bits per heavy atom. The minimum absolute atomic E-state index is 0.249. The fraction of sp³-hybridized carbons (Fsp3) is 0.235. The summed E-state index contributed by atoms with van der Waals surface area (Å²) in [6, 6.07) is 6.13. The molecule has 2 rings (SSSR count). The number of amides is 2. The van der Waals surface area contributed by atoms with Gasteiger partial charge in [0.2, 0.25) is 0 Å². The van der Waals surface area contributed by atoms with Crippen LogP contribution in [-0.4, -0.2) is 27.3 Å². The normalized spacial score (nSPS) is 11.2. The van der Waals surface area contributed by atoms with E-state index >= 15 is 0 Å². The molecule has 0 spiro atoms. The Bertz CT molecular complexity index is 870. The van der Waals surface area contributed by atoms with E-state index in [9.17, 15) is 18.4 Å². The molecule has 0 aliphatic rings. The number of pyridine rings is 1. The molecule has 0 aliphatic carbocycles. The highest BCUT2D eigenvalue weighted by Crippen LogP contribution is 2.24. The molecule has 1 N–H and O–H groups in total. The minimum atomic E-state index is -0.936. The SMILES string of the molecule is CC(C)(C)N(NC(=O)c1ccccc1F)C(=O)c1cc(F)c(Cl)nc1Cl. The molecule has 2 aromatic rings. The highest BCUT2D eigenvalue weighted by Gasteiger charge is 2.32. The highest BCUT2D eigenvalue weighted by molar-refractivity contribution is 6.34. The van der Waals surface area contributed by atoms with Crippen LogP contribution in [0.2, 0.25) is 10.3 Å². The van der Waals surface area contributed by atoms with Crippen molar-refractivity contribution in [3.05, 3.63) is 63.4 Å². The molecule has 9 heteroatoms. The predicted molar refractivity (Wildman–Crippen MR) is 94.0 cm³/mol. The number of benzene rings is 1. The first-order chi connectivity index (χ1) is 12.0. The quantitative estimate of drug-likeness (QED) is 0.604. The summed E-state index contributed by atoms with van der Waals surface area (Å²) in [5.74, 6) is -3.35. The van der Waals surface area contributed by atoms with Crippen LogP contribution in [-0.2, 0) is 0 Å². The molecule has 0 aliphatic heterocycles. The Hall–Kier alpha value is -2.25. The van der Waals surface area contributed by atoms with Crippen molar-refractivity contribution in [2.24, 2.45) is 0 Å². The van der Waals surface area contributed by atoms with E-state index in [1.807, 2.05) is 0 Å². The van der Waals surface area contributed by atoms with Crippen LogP contribution in [0.1, 0.15) is 41.5 Å². The lowest BCUT2D eigenvalue weighted by Gasteiger charge is -2.35. The third kappa shape index (κ3) is 4.28. The predicted octanol–water partition coefficient (Wildman–Crippen LogP) is 4.25. The van der Waals surface area contributed by atoms with Crippen LogP contribution in [0.3, 0.4) is 0 Å². The van der Waals surface area contributed by atoms with Crippen molar-refractivity contribution in [1.29, 1.82) is 0 Å². The van der Waals surface area contributed by atoms with Gasteiger partial charge in [-0.2, -0.15) is 0 Å². The molecule has 0 radical (unpaired) electrons. The average molecular weight is 402 g/mol. The summed E-state index contributed by atoms with van der Waals surface area (Å²) < 4.78 is 27.5. The largest absolute Gasteiger partial charge is 0.276 e. The molecule has 5 nitrogen and oxygen atoms in total. The molecular weight excluding hydrogens is 387 g/mol. The smallest absolute Gasteiger partial charge is 0.267 e. The molecule has 1 heterocycles. The van der Waals surface area contributed by atoms with E-state index in [4.69, 9.17) is 23.2 Å². The Balaban J connectivity index is 2.40. The third-order valence-electron chi connectivity index (χ3n) is 3.32. The molecule has 0 saturated carbocycles. The number of carbonyl (C=O) groups excluding carboxylic acids is 2. The van der Waals surface area contributed by atoms with Crippen molar-refractivity contribution in [3.8, 4) is 0 Å². The van der Waals surface area contributed by atoms with Gasteiger partial charge in [-0.05, 0) is 39.0 Å². The summed E-state index contributed by atoms with van der Waals surface area (Å²) in [6.45, 7) is 4.88. The summed E-state index contributed by atoms with van der Waals surface area (Å²) >= 11 is 11.4. The molecule has 1 aromatic carbocycles. The van der Waals surface area contributed by atoms with Crippen LogP contribution in [0.15, 0.2) is 30.3 Å². The fourth-order valence-electron chi connectivity index (χ4n) is 2.05. The van der Waals surface area contributed by atoms with Crippen molar-refractivity contribution in [2.45, 2.75) is 26.3 Å². The standard InChI is InChI=1S/C17H15Cl2F2N3O2/c1-17(2,3)24(23-15(25)9-6-4-5-7-11(9)20)16(26)10-8-12(21)14(19)22-13(10)18/h4-8H,1-3H3,(H,23,25). The van der Waals surface area contributed by atoms with E-state index in [-0.39, 0.29) is 16.3 Å². The van der Waals surface area contributed by atoms with Crippen molar-refractivity contribution in [1.82, 2.24) is 15.4 Å². The van der Waals surface area contributed by atoms with Crippen LogP contribution in [0, 0.1) is 11.6 Å². The van der Waals surface area contributed by atoms with E-state index in [1.165, 1.54) is 18.2 Å². The lowest BCUT2D eigenvalue weighted by Crippen LogP contribution is -2.56. The number of nitrogens with one attached hydrogen (secondary N) is 1. The van der Waals surface area contributed by atoms with E-state index in [0.29, 0.717) is 0 Å². The summed E-state index contributed by atoms with van der Waals surface area (Å²) in [5, 5.41) is 0.123. The van der Waals surface area contributed by atoms with Gasteiger partial charge in [0, 0.05) is 0 Å². The van der Waals surface area contributed by atoms with Gasteiger partial charge < -0.3 is 0 Å². The zero-order chi connectivity index (χ0) is 19.6. The lowest BCUT2D eigenvalue weighted by atomic mass is 10.1. The van der Waals surface area contributed by atoms with Crippen molar-refractivity contribution >= 4 is 35.0 Å². The lowest BCUT2D eigenvalue weighted by molar-refractivity contribution is 0.0356. The third-order valence-corrected chi connectivity index (χ3v) is 3.88. The molecule has 0 atom stereocenters. The van der Waals surface area contributed by atoms with E-state index in [2.05, 4.69) is 10.4 Å². The average Bonchev–Trinajstić information content (AvgIpc) is 2.54. The van der Waals surface area contributed by atoms with Gasteiger partial charge in [0.15, 0.2) is 11.0 Å². The maximum Gasteiger partial charge on any atom is 0.276 e. The van der Waals surface area contributed by atoms with E-state index in [0.717, 1.165) is 17.1 Å². The number of nitrogens with zero attached hydrogens (tertiary/aromatic N) is 2. The van der Waals surface area contributed by atoms with Crippen molar-refractivity contribution in [2.75, 3.05) is 0 Å². The van der Waals surface area contributed by atoms with Crippen LogP contribution in [0.5, 0.6) is 0 Å². The second kappa shape index (κ2) is 7.55. The number of hydrazine groups is 1. The first-order valence-corrected chi connectivity index (χ1v) is 8.19. The van der Waals surface area contributed by atoms with Gasteiger partial charge in [0.05, 0.1) is 16.7 Å². The van der Waals surface area contributed by atoms with Gasteiger partial charge in [0.1, 0.15) is 11.0 Å². The first kappa shape index (κ1) is 20.1. The van der Waals surface area contributed by atoms with Gasteiger partial charge in [-0.1, -0.05) is 35.3 Å². The Labute approximate surface area is 158 Å². The van der Waals surface area contributed by atoms with Gasteiger partial charge >= 0.3 is 0 Å². The van der Waals surface area contributed by atoms with Crippen molar-refractivity contribution < 1.29 is 18.4 Å². The van der Waals surface area contributed by atoms with Gasteiger partial charge in [-0.3, -0.25) is 15.0 Å². The number of halogens is 4. The molecule has 0 saturated heterocycles. The Morgan fingerprint density at radius 1 is 1.04 bits per heavy atom. The monoisotopic (exact) mass is 401 g/mol. The summed E-state index contributed by atoms with van der Waals surface area (Å²) in [7, 11) is 0. The number of hydrogen-bond acceptors (Lipinski definition) is 3. The van der Waals surface area contributed by atoms with Crippen LogP contribution < -0.4 is 5.43 Å². The van der Waals surface area contributed by atoms with Crippen LogP contribution in [0.25, 0.3) is 0 Å². The van der Waals surface area contributed by atoms with E-state index in [1.54, 1.807) is 20.8 Å². The maximum absolute atomic E-state index is 13.8. The zero-order valence-electron chi connectivity index (χ0n) is 14.1. The second-order valence-corrected chi connectivity index (χ2v) is 7.05. The van der Waals surface area contributed by atoms with E-state index < -0.39 is 34.1 Å². The number of aromatic nitrogens is 1. The number of carbonyl (C=O) groups is 2. The van der Waals surface area contributed by atoms with Gasteiger partial charge in [-0.15, -0.1) is 0 Å². The molecule has 0 bridgehead atoms. The van der Waals surface area contributed by atoms with Gasteiger partial charge in [-0.25, -0.2) is 18.8 Å². The molecule has 0 unspecified atom stereocenters. The Kier molecular flexibility index (Phi) is 5.83. The Morgan fingerprint density at radius 3 is 2.23 bits per heavy atom. The molecule has 0 fully saturated rings. The summed E-state index contributed by atoms with van der Waals surface area (Å²) in [5.41, 5.74) is 0.860. The molecule has 138 valence electrons. The fourth-order valence-corrected chi connectivity index (χ4v) is 2.45. The highest BCUT2D eigenvalue weighted by atomic mass is 35.5. The molecule has 1 aromatic heterocycles.